The Kier molecular flexibility index (Phi) is 13.3. The van der Waals surface area contributed by atoms with Gasteiger partial charge in [0.05, 0.1) is 25.3 Å². The number of pyridine rings is 1. The summed E-state index contributed by atoms with van der Waals surface area (Å²) in [5.41, 5.74) is 5.27. The van der Waals surface area contributed by atoms with Gasteiger partial charge in [-0.2, -0.15) is 11.8 Å². The van der Waals surface area contributed by atoms with Crippen LogP contribution in [0.15, 0.2) is 91.1 Å². The van der Waals surface area contributed by atoms with Crippen molar-refractivity contribution in [1.29, 1.82) is 0 Å². The second kappa shape index (κ2) is 18.4. The Morgan fingerprint density at radius 2 is 1.50 bits per heavy atom. The third-order valence-corrected chi connectivity index (χ3v) is 10.4. The van der Waals surface area contributed by atoms with E-state index in [1.54, 1.807) is 41.1 Å². The van der Waals surface area contributed by atoms with Gasteiger partial charge in [-0.15, -0.1) is 0 Å². The van der Waals surface area contributed by atoms with Gasteiger partial charge in [-0.05, 0) is 112 Å². The first-order valence-electron chi connectivity index (χ1n) is 18.9. The minimum atomic E-state index is -0.509. The second-order valence-corrected chi connectivity index (χ2v) is 15.8. The van der Waals surface area contributed by atoms with Crippen molar-refractivity contribution in [3.8, 4) is 0 Å². The molecule has 54 heavy (non-hydrogen) atoms. The molecule has 2 amide bonds. The molecule has 0 unspecified atom stereocenters. The summed E-state index contributed by atoms with van der Waals surface area (Å²) >= 11 is 1.62. The summed E-state index contributed by atoms with van der Waals surface area (Å²) in [4.78, 5) is 51.0. The third kappa shape index (κ3) is 10.9. The van der Waals surface area contributed by atoms with Gasteiger partial charge in [0.25, 0.3) is 11.8 Å². The molecule has 1 N–H and O–H groups in total. The number of hydrogen-bond acceptors (Lipinski definition) is 9. The fraction of sp³-hybridized carbons (Fsp3) is 0.395. The van der Waals surface area contributed by atoms with Crippen LogP contribution in [0.25, 0.3) is 0 Å². The van der Waals surface area contributed by atoms with Crippen molar-refractivity contribution < 1.29 is 23.9 Å². The Morgan fingerprint density at radius 1 is 0.815 bits per heavy atom. The van der Waals surface area contributed by atoms with Crippen LogP contribution < -0.4 is 20.0 Å². The monoisotopic (exact) mass is 749 g/mol. The zero-order chi connectivity index (χ0) is 37.9. The molecule has 0 atom stereocenters. The van der Waals surface area contributed by atoms with E-state index in [9.17, 15) is 14.4 Å². The molecule has 0 saturated carbocycles. The van der Waals surface area contributed by atoms with Gasteiger partial charge in [-0.3, -0.25) is 19.3 Å². The molecule has 2 saturated heterocycles. The molecule has 2 aliphatic rings. The highest BCUT2D eigenvalue weighted by molar-refractivity contribution is 7.98. The molecule has 2 aliphatic heterocycles. The van der Waals surface area contributed by atoms with E-state index in [-0.39, 0.29) is 17.8 Å². The van der Waals surface area contributed by atoms with E-state index in [1.165, 1.54) is 19.3 Å². The molecule has 3 aromatic carbocycles. The Hall–Kier alpha value is -4.87. The fourth-order valence-electron chi connectivity index (χ4n) is 6.59. The third-order valence-electron chi connectivity index (χ3n) is 9.35. The van der Waals surface area contributed by atoms with Crippen LogP contribution in [0.2, 0.25) is 0 Å². The molecule has 6 rings (SSSR count). The van der Waals surface area contributed by atoms with Crippen molar-refractivity contribution >= 4 is 52.4 Å². The molecular weight excluding hydrogens is 699 g/mol. The number of carbonyl (C=O) groups excluding carboxylic acids is 3. The van der Waals surface area contributed by atoms with Crippen LogP contribution in [0.5, 0.6) is 0 Å². The number of nitrogens with zero attached hydrogens (tertiary/aromatic N) is 4. The molecule has 0 aliphatic carbocycles. The molecule has 2 fully saturated rings. The number of esters is 1. The van der Waals surface area contributed by atoms with Crippen molar-refractivity contribution in [2.45, 2.75) is 64.4 Å². The van der Waals surface area contributed by atoms with Crippen molar-refractivity contribution in [3.05, 3.63) is 113 Å². The molecule has 284 valence electrons. The van der Waals surface area contributed by atoms with Gasteiger partial charge < -0.3 is 24.6 Å². The predicted octanol–water partition coefficient (Wildman–Crippen LogP) is 7.78. The van der Waals surface area contributed by atoms with Crippen LogP contribution in [0, 0.1) is 0 Å². The molecule has 0 radical (unpaired) electrons. The molecule has 3 heterocycles. The summed E-state index contributed by atoms with van der Waals surface area (Å²) in [6.45, 7) is 11.2. The van der Waals surface area contributed by atoms with Gasteiger partial charge in [0.15, 0.2) is 0 Å². The van der Waals surface area contributed by atoms with Gasteiger partial charge in [-0.1, -0.05) is 24.3 Å². The lowest BCUT2D eigenvalue weighted by atomic mass is 10.1. The van der Waals surface area contributed by atoms with E-state index in [2.05, 4.69) is 44.4 Å². The first-order valence-corrected chi connectivity index (χ1v) is 20.0. The maximum absolute atomic E-state index is 14.5. The van der Waals surface area contributed by atoms with E-state index in [4.69, 9.17) is 9.47 Å². The molecular formula is C43H51N5O5S. The molecule has 10 nitrogen and oxygen atoms in total. The smallest absolute Gasteiger partial charge is 0.307 e. The van der Waals surface area contributed by atoms with Crippen molar-refractivity contribution in [2.75, 3.05) is 59.8 Å². The van der Waals surface area contributed by atoms with E-state index >= 15 is 0 Å². The van der Waals surface area contributed by atoms with E-state index < -0.39 is 5.60 Å². The molecule has 0 bridgehead atoms. The Morgan fingerprint density at radius 3 is 2.20 bits per heavy atom. The molecule has 1 aromatic heterocycles. The van der Waals surface area contributed by atoms with Crippen LogP contribution in [0.4, 0.5) is 22.9 Å². The molecule has 4 aromatic rings. The van der Waals surface area contributed by atoms with Crippen LogP contribution in [-0.2, 0) is 26.6 Å². The average molecular weight is 750 g/mol. The number of nitrogens with one attached hydrogen (secondary N) is 1. The number of benzene rings is 3. The Balaban J connectivity index is 1.18. The van der Waals surface area contributed by atoms with E-state index in [0.29, 0.717) is 47.1 Å². The van der Waals surface area contributed by atoms with Gasteiger partial charge in [-0.25, -0.2) is 4.98 Å². The number of morpholine rings is 1. The number of hydrogen-bond donors (Lipinski definition) is 1. The summed E-state index contributed by atoms with van der Waals surface area (Å²) in [6.07, 6.45) is 5.47. The van der Waals surface area contributed by atoms with Crippen LogP contribution in [0.3, 0.4) is 0 Å². The lowest BCUT2D eigenvalue weighted by molar-refractivity contribution is -0.154. The lowest BCUT2D eigenvalue weighted by Gasteiger charge is -2.29. The first-order chi connectivity index (χ1) is 26.1. The standard InChI is InChI=1S/C43H51N5O5S/c1-43(2,3)53-40(49)19-27-54-31-33-8-7-9-35(28-33)42(51)48(38-16-14-37(15-17-38)46-21-5-4-6-22-46)39-29-34(18-20-44-39)41(50)45-30-32-10-12-36(13-11-32)47-23-25-52-26-24-47/h7-18,20,28-29H,4-6,19,21-27,30-31H2,1-3H3,(H,45,50). The fourth-order valence-corrected chi connectivity index (χ4v) is 7.46. The second-order valence-electron chi connectivity index (χ2n) is 14.6. The highest BCUT2D eigenvalue weighted by Gasteiger charge is 2.24. The molecule has 11 heteroatoms. The highest BCUT2D eigenvalue weighted by Crippen LogP contribution is 2.30. The average Bonchev–Trinajstić information content (AvgIpc) is 3.19. The summed E-state index contributed by atoms with van der Waals surface area (Å²) in [6, 6.07) is 27.1. The van der Waals surface area contributed by atoms with Crippen LogP contribution in [0.1, 0.15) is 78.3 Å². The SMILES string of the molecule is CC(C)(C)OC(=O)CCSCc1cccc(C(=O)N(c2ccc(N3CCCCC3)cc2)c2cc(C(=O)NCc3ccc(N4CCOCC4)cc3)ccn2)c1. The minimum absolute atomic E-state index is 0.220. The first kappa shape index (κ1) is 38.8. The highest BCUT2D eigenvalue weighted by atomic mass is 32.2. The topological polar surface area (TPSA) is 104 Å². The number of amides is 2. The summed E-state index contributed by atoms with van der Waals surface area (Å²) in [5, 5.41) is 3.03. The van der Waals surface area contributed by atoms with Crippen LogP contribution in [-0.4, -0.2) is 73.5 Å². The number of piperidine rings is 1. The van der Waals surface area contributed by atoms with Crippen molar-refractivity contribution in [2.24, 2.45) is 0 Å². The van der Waals surface area contributed by atoms with E-state index in [0.717, 1.165) is 61.9 Å². The Labute approximate surface area is 323 Å². The maximum Gasteiger partial charge on any atom is 0.307 e. The minimum Gasteiger partial charge on any atom is -0.460 e. The zero-order valence-corrected chi connectivity index (χ0v) is 32.4. The zero-order valence-electron chi connectivity index (χ0n) is 31.6. The van der Waals surface area contributed by atoms with Crippen molar-refractivity contribution in [1.82, 2.24) is 10.3 Å². The van der Waals surface area contributed by atoms with Gasteiger partial charge in [0, 0.05) is 72.9 Å². The number of ether oxygens (including phenoxy) is 2. The van der Waals surface area contributed by atoms with Gasteiger partial charge in [0.2, 0.25) is 0 Å². The normalized spacial score (nSPS) is 14.7. The number of carbonyl (C=O) groups is 3. The summed E-state index contributed by atoms with van der Waals surface area (Å²) < 4.78 is 10.9. The quantitative estimate of drug-likeness (QED) is 0.108. The largest absolute Gasteiger partial charge is 0.460 e. The summed E-state index contributed by atoms with van der Waals surface area (Å²) in [7, 11) is 0. The van der Waals surface area contributed by atoms with Gasteiger partial charge >= 0.3 is 5.97 Å². The lowest BCUT2D eigenvalue weighted by Crippen LogP contribution is -2.36. The number of aromatic nitrogens is 1. The summed E-state index contributed by atoms with van der Waals surface area (Å²) in [5.74, 6) is 0.869. The van der Waals surface area contributed by atoms with Crippen molar-refractivity contribution in [3.63, 3.8) is 0 Å². The molecule has 0 spiro atoms. The number of anilines is 4. The number of thioether (sulfide) groups is 1. The van der Waals surface area contributed by atoms with E-state index in [1.807, 2.05) is 63.2 Å². The number of rotatable bonds is 13. The van der Waals surface area contributed by atoms with Gasteiger partial charge in [0.1, 0.15) is 11.4 Å². The Bertz CT molecular complexity index is 1870. The predicted molar refractivity (Wildman–Crippen MR) is 217 cm³/mol. The van der Waals surface area contributed by atoms with Crippen LogP contribution >= 0.6 is 11.8 Å². The maximum atomic E-state index is 14.5.